The minimum Gasteiger partial charge on any atom is -0.394 e. The minimum absolute atomic E-state index is 0.125. The molecule has 2 heterocycles. The van der Waals surface area contributed by atoms with Crippen molar-refractivity contribution in [1.29, 1.82) is 5.26 Å². The summed E-state index contributed by atoms with van der Waals surface area (Å²) in [6.07, 6.45) is 4.01. The number of anilines is 1. The van der Waals surface area contributed by atoms with Gasteiger partial charge < -0.3 is 30.3 Å². The van der Waals surface area contributed by atoms with Crippen molar-refractivity contribution >= 4 is 34.5 Å². The first-order valence-electron chi connectivity index (χ1n) is 12.7. The fraction of sp³-hybridized carbons (Fsp3) is 0.519. The predicted molar refractivity (Wildman–Crippen MR) is 144 cm³/mol. The van der Waals surface area contributed by atoms with Crippen LogP contribution in [0.5, 0.6) is 0 Å². The molecular formula is C27H36N4O4S. The van der Waals surface area contributed by atoms with Crippen LogP contribution in [0.2, 0.25) is 0 Å². The fourth-order valence-corrected chi connectivity index (χ4v) is 5.43. The first kappa shape index (κ1) is 26.9. The molecule has 0 spiro atoms. The van der Waals surface area contributed by atoms with Gasteiger partial charge in [-0.15, -0.1) is 0 Å². The van der Waals surface area contributed by atoms with Crippen LogP contribution in [-0.2, 0) is 4.74 Å². The number of aliphatic hydroxyl groups is 3. The van der Waals surface area contributed by atoms with Crippen LogP contribution in [0.25, 0.3) is 16.8 Å². The molecule has 0 amide bonds. The van der Waals surface area contributed by atoms with Gasteiger partial charge in [0.2, 0.25) is 0 Å². The molecule has 0 saturated carbocycles. The molecule has 0 aliphatic carbocycles. The third-order valence-electron chi connectivity index (χ3n) is 6.86. The van der Waals surface area contributed by atoms with Crippen LogP contribution in [0.15, 0.2) is 41.3 Å². The second kappa shape index (κ2) is 13.4. The standard InChI is InChI=1S/C27H36N4O4S/c28-16-23(36-30-24-18-35-25(17-32)27(34)26(24)33)14-19-5-6-21-15-22(8-7-20(21)13-19)29-9-12-31-10-3-1-2-4-11-31/h5-8,13-15,24-27,29-30,32-34H,1-4,9-12,17-18H2/b23-14+/t24-,25+,26+,27+/m0/s1. The van der Waals surface area contributed by atoms with E-state index in [0.29, 0.717) is 4.91 Å². The molecule has 2 fully saturated rings. The number of allylic oxidation sites excluding steroid dienone is 1. The van der Waals surface area contributed by atoms with E-state index in [2.05, 4.69) is 45.3 Å². The number of hydrogen-bond acceptors (Lipinski definition) is 9. The van der Waals surface area contributed by atoms with Gasteiger partial charge in [0.05, 0.1) is 19.3 Å². The van der Waals surface area contributed by atoms with Crippen molar-refractivity contribution < 1.29 is 20.1 Å². The number of nitrogens with one attached hydrogen (secondary N) is 2. The molecule has 2 aliphatic rings. The van der Waals surface area contributed by atoms with Gasteiger partial charge in [-0.05, 0) is 78.5 Å². The third-order valence-corrected chi connectivity index (χ3v) is 7.71. The SMILES string of the molecule is N#C/C(=C\c1ccc2cc(NCCN3CCCCCC3)ccc2c1)SN[C@H]1CO[C@H](CO)[C@@H](O)[C@@H]1O. The summed E-state index contributed by atoms with van der Waals surface area (Å²) >= 11 is 1.09. The summed E-state index contributed by atoms with van der Waals surface area (Å²) in [5.74, 6) is 0. The maximum Gasteiger partial charge on any atom is 0.110 e. The Kier molecular flexibility index (Phi) is 10.0. The largest absolute Gasteiger partial charge is 0.394 e. The molecule has 2 aromatic rings. The first-order valence-corrected chi connectivity index (χ1v) is 13.5. The van der Waals surface area contributed by atoms with Gasteiger partial charge in [-0.3, -0.25) is 4.72 Å². The van der Waals surface area contributed by atoms with Crippen LogP contribution in [0, 0.1) is 11.3 Å². The van der Waals surface area contributed by atoms with Crippen LogP contribution in [0.4, 0.5) is 5.69 Å². The second-order valence-electron chi connectivity index (χ2n) is 9.49. The lowest BCUT2D eigenvalue weighted by molar-refractivity contribution is -0.158. The van der Waals surface area contributed by atoms with E-state index in [0.717, 1.165) is 47.1 Å². The van der Waals surface area contributed by atoms with Crippen LogP contribution < -0.4 is 10.0 Å². The lowest BCUT2D eigenvalue weighted by atomic mass is 9.99. The van der Waals surface area contributed by atoms with Gasteiger partial charge in [-0.25, -0.2) is 0 Å². The number of nitrogens with zero attached hydrogens (tertiary/aromatic N) is 2. The minimum atomic E-state index is -1.19. The lowest BCUT2D eigenvalue weighted by Crippen LogP contribution is -2.57. The number of hydrogen-bond donors (Lipinski definition) is 5. The van der Waals surface area contributed by atoms with Gasteiger partial charge in [0.1, 0.15) is 29.3 Å². The van der Waals surface area contributed by atoms with Crippen LogP contribution in [-0.4, -0.2) is 84.0 Å². The fourth-order valence-electron chi connectivity index (χ4n) is 4.70. The number of aliphatic hydroxyl groups excluding tert-OH is 3. The van der Waals surface area contributed by atoms with E-state index in [-0.39, 0.29) is 13.2 Å². The van der Waals surface area contributed by atoms with E-state index in [1.807, 2.05) is 12.1 Å². The van der Waals surface area contributed by atoms with E-state index >= 15 is 0 Å². The molecule has 194 valence electrons. The molecule has 2 saturated heterocycles. The Hall–Kier alpha value is -2.16. The molecule has 2 aromatic carbocycles. The van der Waals surface area contributed by atoms with Crippen molar-refractivity contribution in [3.8, 4) is 6.07 Å². The summed E-state index contributed by atoms with van der Waals surface area (Å²) < 4.78 is 8.39. The monoisotopic (exact) mass is 512 g/mol. The molecule has 9 heteroatoms. The summed E-state index contributed by atoms with van der Waals surface area (Å²) in [5.41, 5.74) is 2.01. The zero-order chi connectivity index (χ0) is 25.3. The normalized spacial score (nSPS) is 25.9. The van der Waals surface area contributed by atoms with E-state index in [4.69, 9.17) is 4.74 Å². The molecule has 5 N–H and O–H groups in total. The van der Waals surface area contributed by atoms with Crippen LogP contribution >= 0.6 is 11.9 Å². The molecule has 0 bridgehead atoms. The Morgan fingerprint density at radius 2 is 1.83 bits per heavy atom. The molecule has 0 unspecified atom stereocenters. The summed E-state index contributed by atoms with van der Waals surface area (Å²) in [5, 5.41) is 44.8. The molecule has 4 rings (SSSR count). The molecule has 0 radical (unpaired) electrons. The highest BCUT2D eigenvalue weighted by molar-refractivity contribution is 8.01. The topological polar surface area (TPSA) is 121 Å². The zero-order valence-corrected chi connectivity index (χ0v) is 21.3. The lowest BCUT2D eigenvalue weighted by Gasteiger charge is -2.36. The number of rotatable bonds is 9. The second-order valence-corrected chi connectivity index (χ2v) is 10.4. The average Bonchev–Trinajstić information content (AvgIpc) is 3.17. The maximum atomic E-state index is 10.3. The highest BCUT2D eigenvalue weighted by Crippen LogP contribution is 2.25. The van der Waals surface area contributed by atoms with Crippen molar-refractivity contribution in [3.63, 3.8) is 0 Å². The predicted octanol–water partition coefficient (Wildman–Crippen LogP) is 2.71. The Bertz CT molecular complexity index is 1070. The van der Waals surface area contributed by atoms with Crippen molar-refractivity contribution in [1.82, 2.24) is 9.62 Å². The van der Waals surface area contributed by atoms with Crippen molar-refractivity contribution in [2.24, 2.45) is 0 Å². The average molecular weight is 513 g/mol. The van der Waals surface area contributed by atoms with Gasteiger partial charge in [0.25, 0.3) is 0 Å². The summed E-state index contributed by atoms with van der Waals surface area (Å²) in [6, 6.07) is 14.0. The van der Waals surface area contributed by atoms with E-state index in [1.54, 1.807) is 6.08 Å². The third kappa shape index (κ3) is 7.20. The van der Waals surface area contributed by atoms with Crippen LogP contribution in [0.1, 0.15) is 31.2 Å². The molecule has 0 aromatic heterocycles. The molecule has 36 heavy (non-hydrogen) atoms. The number of likely N-dealkylation sites (tertiary alicyclic amines) is 1. The highest BCUT2D eigenvalue weighted by atomic mass is 32.2. The number of ether oxygens (including phenoxy) is 1. The van der Waals surface area contributed by atoms with Crippen molar-refractivity contribution in [2.45, 2.75) is 50.0 Å². The Morgan fingerprint density at radius 3 is 2.58 bits per heavy atom. The van der Waals surface area contributed by atoms with E-state index < -0.39 is 24.4 Å². The number of nitriles is 1. The molecule has 8 nitrogen and oxygen atoms in total. The Labute approximate surface area is 217 Å². The van der Waals surface area contributed by atoms with Crippen molar-refractivity contribution in [2.75, 3.05) is 44.7 Å². The Balaban J connectivity index is 1.33. The van der Waals surface area contributed by atoms with E-state index in [9.17, 15) is 20.6 Å². The smallest absolute Gasteiger partial charge is 0.110 e. The molecule has 4 atom stereocenters. The van der Waals surface area contributed by atoms with Gasteiger partial charge in [-0.1, -0.05) is 31.0 Å². The summed E-state index contributed by atoms with van der Waals surface area (Å²) in [6.45, 7) is 4.17. The quantitative estimate of drug-likeness (QED) is 0.255. The van der Waals surface area contributed by atoms with Gasteiger partial charge in [-0.2, -0.15) is 5.26 Å². The first-order chi connectivity index (χ1) is 17.6. The highest BCUT2D eigenvalue weighted by Gasteiger charge is 2.38. The van der Waals surface area contributed by atoms with Gasteiger partial charge >= 0.3 is 0 Å². The summed E-state index contributed by atoms with van der Waals surface area (Å²) in [7, 11) is 0. The van der Waals surface area contributed by atoms with Gasteiger partial charge in [0, 0.05) is 18.8 Å². The van der Waals surface area contributed by atoms with Crippen LogP contribution in [0.3, 0.4) is 0 Å². The number of fused-ring (bicyclic) bond motifs is 1. The van der Waals surface area contributed by atoms with Crippen molar-refractivity contribution in [3.05, 3.63) is 46.9 Å². The molecule has 2 aliphatic heterocycles. The van der Waals surface area contributed by atoms with Gasteiger partial charge in [0.15, 0.2) is 0 Å². The number of benzene rings is 2. The van der Waals surface area contributed by atoms with E-state index in [1.165, 1.54) is 38.8 Å². The zero-order valence-electron chi connectivity index (χ0n) is 20.5. The summed E-state index contributed by atoms with van der Waals surface area (Å²) in [4.78, 5) is 2.97. The maximum absolute atomic E-state index is 10.3. The molecular weight excluding hydrogens is 476 g/mol. The Morgan fingerprint density at radius 1 is 1.08 bits per heavy atom.